The summed E-state index contributed by atoms with van der Waals surface area (Å²) in [4.78, 5) is 30.2. The fraction of sp³-hybridized carbons (Fsp3) is 0.385. The van der Waals surface area contributed by atoms with Crippen LogP contribution in [0.1, 0.15) is 23.6 Å². The lowest BCUT2D eigenvalue weighted by Gasteiger charge is -2.30. The highest BCUT2D eigenvalue weighted by Gasteiger charge is 2.47. The smallest absolute Gasteiger partial charge is 0.295 e. The van der Waals surface area contributed by atoms with Gasteiger partial charge < -0.3 is 29.3 Å². The van der Waals surface area contributed by atoms with Crippen LogP contribution < -0.4 is 9.47 Å². The van der Waals surface area contributed by atoms with Crippen molar-refractivity contribution in [3.63, 3.8) is 0 Å². The molecule has 9 nitrogen and oxygen atoms in total. The molecule has 2 aliphatic heterocycles. The number of hydrogen-bond donors (Lipinski definition) is 2. The van der Waals surface area contributed by atoms with Gasteiger partial charge in [0.05, 0.1) is 44.6 Å². The highest BCUT2D eigenvalue weighted by Crippen LogP contribution is 2.46. The van der Waals surface area contributed by atoms with Crippen molar-refractivity contribution >= 4 is 29.1 Å². The Morgan fingerprint density at radius 2 is 1.86 bits per heavy atom. The molecule has 0 aromatic heterocycles. The molecule has 0 bridgehead atoms. The van der Waals surface area contributed by atoms with E-state index in [9.17, 15) is 19.8 Å². The van der Waals surface area contributed by atoms with Crippen molar-refractivity contribution in [1.29, 1.82) is 0 Å². The normalized spacial score (nSPS) is 20.1. The van der Waals surface area contributed by atoms with Crippen LogP contribution in [0.5, 0.6) is 17.2 Å². The number of phenols is 1. The molecule has 192 valence electrons. The first-order valence-electron chi connectivity index (χ1n) is 11.7. The van der Waals surface area contributed by atoms with Crippen molar-refractivity contribution in [3.8, 4) is 17.2 Å². The van der Waals surface area contributed by atoms with Crippen LogP contribution in [-0.2, 0) is 14.3 Å². The molecule has 2 saturated heterocycles. The predicted octanol–water partition coefficient (Wildman–Crippen LogP) is 3.21. The number of para-hydroxylation sites is 1. The third-order valence-corrected chi connectivity index (χ3v) is 6.69. The minimum Gasteiger partial charge on any atom is -0.507 e. The maximum Gasteiger partial charge on any atom is 0.295 e. The highest BCUT2D eigenvalue weighted by atomic mass is 35.5. The summed E-state index contributed by atoms with van der Waals surface area (Å²) < 4.78 is 16.4. The number of Topliss-reactive ketones (excluding diaryl/α,β-unsaturated/α-hetero) is 1. The van der Waals surface area contributed by atoms with Gasteiger partial charge in [-0.3, -0.25) is 14.5 Å². The summed E-state index contributed by atoms with van der Waals surface area (Å²) in [6, 6.07) is 8.31. The van der Waals surface area contributed by atoms with Gasteiger partial charge in [-0.25, -0.2) is 0 Å². The van der Waals surface area contributed by atoms with E-state index in [-0.39, 0.29) is 28.5 Å². The van der Waals surface area contributed by atoms with Gasteiger partial charge in [0, 0.05) is 36.8 Å². The number of halogens is 1. The molecule has 36 heavy (non-hydrogen) atoms. The number of aliphatic hydroxyl groups excluding tert-OH is 1. The van der Waals surface area contributed by atoms with Crippen LogP contribution in [0.2, 0.25) is 5.02 Å². The van der Waals surface area contributed by atoms with Crippen LogP contribution in [0.25, 0.3) is 5.76 Å². The van der Waals surface area contributed by atoms with Crippen molar-refractivity contribution in [2.24, 2.45) is 0 Å². The number of rotatable bonds is 8. The number of carbonyl (C=O) groups is 2. The highest BCUT2D eigenvalue weighted by molar-refractivity contribution is 6.46. The van der Waals surface area contributed by atoms with E-state index >= 15 is 0 Å². The summed E-state index contributed by atoms with van der Waals surface area (Å²) in [5, 5.41) is 21.9. The monoisotopic (exact) mass is 516 g/mol. The zero-order valence-electron chi connectivity index (χ0n) is 20.2. The number of phenolic OH excluding ortho intramolecular Hbond substituents is 1. The van der Waals surface area contributed by atoms with E-state index in [0.29, 0.717) is 36.7 Å². The maximum atomic E-state index is 13.3. The van der Waals surface area contributed by atoms with Crippen molar-refractivity contribution in [2.45, 2.75) is 12.5 Å². The molecular formula is C26H29ClN2O7. The van der Waals surface area contributed by atoms with Crippen LogP contribution in [-0.4, -0.2) is 85.3 Å². The maximum absolute atomic E-state index is 13.3. The Labute approximate surface area is 214 Å². The summed E-state index contributed by atoms with van der Waals surface area (Å²) in [5.74, 6) is -1.63. The number of ether oxygens (including phenoxy) is 3. The Morgan fingerprint density at radius 3 is 2.56 bits per heavy atom. The number of methoxy groups -OCH3 is 2. The lowest BCUT2D eigenvalue weighted by Crippen LogP contribution is -2.39. The molecule has 1 atom stereocenters. The molecule has 2 aliphatic rings. The Hall–Kier alpha value is -3.27. The molecule has 0 aliphatic carbocycles. The Balaban J connectivity index is 1.79. The minimum atomic E-state index is -0.960. The number of nitrogens with zero attached hydrogens (tertiary/aromatic N) is 2. The Morgan fingerprint density at radius 1 is 1.11 bits per heavy atom. The van der Waals surface area contributed by atoms with Gasteiger partial charge in [-0.2, -0.15) is 0 Å². The molecule has 4 rings (SSSR count). The molecule has 0 radical (unpaired) electrons. The lowest BCUT2D eigenvalue weighted by atomic mass is 9.94. The second-order valence-electron chi connectivity index (χ2n) is 8.54. The van der Waals surface area contributed by atoms with Gasteiger partial charge in [-0.1, -0.05) is 23.7 Å². The summed E-state index contributed by atoms with van der Waals surface area (Å²) >= 11 is 6.09. The number of morpholine rings is 1. The zero-order chi connectivity index (χ0) is 25.8. The number of aromatic hydroxyl groups is 1. The molecule has 0 unspecified atom stereocenters. The van der Waals surface area contributed by atoms with Gasteiger partial charge in [0.1, 0.15) is 11.5 Å². The predicted molar refractivity (Wildman–Crippen MR) is 134 cm³/mol. The van der Waals surface area contributed by atoms with E-state index in [4.69, 9.17) is 25.8 Å². The fourth-order valence-corrected chi connectivity index (χ4v) is 4.87. The first kappa shape index (κ1) is 25.8. The number of aliphatic hydroxyl groups is 1. The van der Waals surface area contributed by atoms with Gasteiger partial charge in [-0.05, 0) is 30.7 Å². The first-order chi connectivity index (χ1) is 17.4. The molecule has 10 heteroatoms. The Kier molecular flexibility index (Phi) is 8.03. The van der Waals surface area contributed by atoms with Crippen LogP contribution in [0.4, 0.5) is 0 Å². The number of likely N-dealkylation sites (tertiary alicyclic amines) is 1. The van der Waals surface area contributed by atoms with Gasteiger partial charge in [0.2, 0.25) is 0 Å². The van der Waals surface area contributed by atoms with Gasteiger partial charge in [0.15, 0.2) is 11.5 Å². The summed E-state index contributed by atoms with van der Waals surface area (Å²) in [6.07, 6.45) is 0.609. The van der Waals surface area contributed by atoms with Gasteiger partial charge in [-0.15, -0.1) is 0 Å². The number of hydrogen-bond acceptors (Lipinski definition) is 8. The number of amides is 1. The quantitative estimate of drug-likeness (QED) is 0.313. The molecule has 1 amide bonds. The van der Waals surface area contributed by atoms with Gasteiger partial charge in [0.25, 0.3) is 11.7 Å². The lowest BCUT2D eigenvalue weighted by molar-refractivity contribution is -0.140. The third kappa shape index (κ3) is 5.00. The van der Waals surface area contributed by atoms with E-state index in [2.05, 4.69) is 4.90 Å². The Bertz CT molecular complexity index is 1180. The van der Waals surface area contributed by atoms with Crippen molar-refractivity contribution in [1.82, 2.24) is 9.80 Å². The SMILES string of the molecule is COc1cccc([C@@H]2C(=C(O)c3cc(Cl)ccc3O)C(=O)C(=O)N2CCCN2CCOCC2)c1OC. The van der Waals surface area contributed by atoms with Crippen molar-refractivity contribution in [2.75, 3.05) is 53.6 Å². The van der Waals surface area contributed by atoms with Crippen molar-refractivity contribution in [3.05, 3.63) is 58.1 Å². The van der Waals surface area contributed by atoms with Crippen LogP contribution in [0, 0.1) is 0 Å². The average Bonchev–Trinajstić information content (AvgIpc) is 3.14. The average molecular weight is 517 g/mol. The molecule has 2 aromatic carbocycles. The molecule has 2 fully saturated rings. The topological polar surface area (TPSA) is 109 Å². The number of ketones is 1. The molecule has 0 saturated carbocycles. The second kappa shape index (κ2) is 11.2. The zero-order valence-corrected chi connectivity index (χ0v) is 21.0. The molecule has 2 heterocycles. The number of carbonyl (C=O) groups excluding carboxylic acids is 2. The van der Waals surface area contributed by atoms with E-state index in [1.807, 2.05) is 0 Å². The van der Waals surface area contributed by atoms with E-state index in [1.54, 1.807) is 18.2 Å². The number of benzene rings is 2. The van der Waals surface area contributed by atoms with E-state index < -0.39 is 23.5 Å². The van der Waals surface area contributed by atoms with E-state index in [0.717, 1.165) is 19.6 Å². The van der Waals surface area contributed by atoms with Crippen LogP contribution in [0.15, 0.2) is 42.0 Å². The summed E-state index contributed by atoms with van der Waals surface area (Å²) in [7, 11) is 2.96. The van der Waals surface area contributed by atoms with E-state index in [1.165, 1.54) is 37.3 Å². The van der Waals surface area contributed by atoms with Crippen LogP contribution >= 0.6 is 11.6 Å². The standard InChI is InChI=1S/C26H29ClN2O7/c1-34-20-6-3-5-17(25(20)35-2)22-21(23(31)18-15-16(27)7-8-19(18)30)24(32)26(33)29(22)10-4-9-28-11-13-36-14-12-28/h3,5-8,15,22,30-31H,4,9-14H2,1-2H3/t22-/m1/s1. The van der Waals surface area contributed by atoms with Crippen LogP contribution in [0.3, 0.4) is 0 Å². The summed E-state index contributed by atoms with van der Waals surface area (Å²) in [5.41, 5.74) is 0.279. The largest absolute Gasteiger partial charge is 0.507 e. The second-order valence-corrected chi connectivity index (χ2v) is 8.98. The molecular weight excluding hydrogens is 488 g/mol. The molecule has 2 aromatic rings. The minimum absolute atomic E-state index is 0.0410. The summed E-state index contributed by atoms with van der Waals surface area (Å²) in [6.45, 7) is 3.93. The molecule has 0 spiro atoms. The van der Waals surface area contributed by atoms with Crippen molar-refractivity contribution < 1.29 is 34.0 Å². The third-order valence-electron chi connectivity index (χ3n) is 6.46. The van der Waals surface area contributed by atoms with Gasteiger partial charge >= 0.3 is 0 Å². The fourth-order valence-electron chi connectivity index (χ4n) is 4.69. The molecule has 2 N–H and O–H groups in total. The first-order valence-corrected chi connectivity index (χ1v) is 12.0.